The van der Waals surface area contributed by atoms with Crippen molar-refractivity contribution in [1.29, 1.82) is 0 Å². The second-order valence-electron chi connectivity index (χ2n) is 9.11. The molecule has 0 spiro atoms. The van der Waals surface area contributed by atoms with Gasteiger partial charge in [-0.15, -0.1) is 11.1 Å². The number of hydrogen-bond donors (Lipinski definition) is 0. The molecule has 41 heavy (non-hydrogen) atoms. The molecular formula is C30H39ClO9Si. The Morgan fingerprint density at radius 1 is 0.390 bits per heavy atom. The fourth-order valence-electron chi connectivity index (χ4n) is 5.41. The molecule has 0 bridgehead atoms. The first-order valence-electron chi connectivity index (χ1n) is 12.7. The summed E-state index contributed by atoms with van der Waals surface area (Å²) in [5.74, 6) is 4.33. The Balaban J connectivity index is 2.70. The molecule has 0 heterocycles. The molecule has 0 saturated heterocycles. The van der Waals surface area contributed by atoms with Gasteiger partial charge in [-0.1, -0.05) is 0 Å². The van der Waals surface area contributed by atoms with Crippen molar-refractivity contribution in [2.75, 3.05) is 64.0 Å². The van der Waals surface area contributed by atoms with Gasteiger partial charge in [0.1, 0.15) is 0 Å². The average Bonchev–Trinajstić information content (AvgIpc) is 2.99. The average molecular weight is 607 g/mol. The molecule has 3 aromatic carbocycles. The van der Waals surface area contributed by atoms with Crippen LogP contribution >= 0.6 is 11.1 Å². The smallest absolute Gasteiger partial charge is 0.249 e. The summed E-state index contributed by atoms with van der Waals surface area (Å²) >= 11 is 8.17. The van der Waals surface area contributed by atoms with Crippen LogP contribution in [-0.4, -0.2) is 71.4 Å². The lowest BCUT2D eigenvalue weighted by Gasteiger charge is -2.34. The Hall–Kier alpha value is -3.63. The van der Waals surface area contributed by atoms with Gasteiger partial charge in [-0.2, -0.15) is 0 Å². The zero-order valence-electron chi connectivity index (χ0n) is 25.8. The van der Waals surface area contributed by atoms with Crippen LogP contribution in [0.2, 0.25) is 0 Å². The molecule has 0 radical (unpaired) electrons. The first kappa shape index (κ1) is 31.9. The molecule has 11 heteroatoms. The van der Waals surface area contributed by atoms with Crippen LogP contribution in [0.3, 0.4) is 0 Å². The van der Waals surface area contributed by atoms with E-state index in [4.69, 9.17) is 53.7 Å². The highest BCUT2D eigenvalue weighted by Gasteiger charge is 2.46. The zero-order valence-corrected chi connectivity index (χ0v) is 27.5. The van der Waals surface area contributed by atoms with E-state index in [1.165, 1.54) is 0 Å². The predicted octanol–water partition coefficient (Wildman–Crippen LogP) is 3.89. The third-order valence-electron chi connectivity index (χ3n) is 7.35. The predicted molar refractivity (Wildman–Crippen MR) is 163 cm³/mol. The molecule has 0 aromatic heterocycles. The maximum absolute atomic E-state index is 8.17. The summed E-state index contributed by atoms with van der Waals surface area (Å²) in [6.07, 6.45) is 0. The van der Waals surface area contributed by atoms with Gasteiger partial charge >= 0.3 is 0 Å². The fourth-order valence-corrected chi connectivity index (χ4v) is 10.9. The first-order valence-corrected chi connectivity index (χ1v) is 15.7. The van der Waals surface area contributed by atoms with Gasteiger partial charge in [-0.05, 0) is 71.2 Å². The van der Waals surface area contributed by atoms with E-state index in [-0.39, 0.29) is 0 Å². The zero-order chi connectivity index (χ0) is 30.6. The van der Waals surface area contributed by atoms with Crippen molar-refractivity contribution in [1.82, 2.24) is 0 Å². The Kier molecular flexibility index (Phi) is 10.0. The topological polar surface area (TPSA) is 83.1 Å². The summed E-state index contributed by atoms with van der Waals surface area (Å²) in [6, 6.07) is 5.71. The molecule has 0 atom stereocenters. The molecule has 0 amide bonds. The lowest BCUT2D eigenvalue weighted by molar-refractivity contribution is 0.323. The highest BCUT2D eigenvalue weighted by Crippen LogP contribution is 2.44. The van der Waals surface area contributed by atoms with E-state index < -0.39 is 7.38 Å². The SMILES string of the molecule is COc1cc([Si](Cl)(c2cc(OC)c(OC)c(OC)c2C)c2cc(OC)c(OC)c(OC)c2C)c(C)c(OC)c1OC. The molecule has 0 aliphatic carbocycles. The summed E-state index contributed by atoms with van der Waals surface area (Å²) in [6.45, 7) is 5.84. The van der Waals surface area contributed by atoms with Crippen LogP contribution < -0.4 is 58.2 Å². The van der Waals surface area contributed by atoms with Crippen LogP contribution in [0.5, 0.6) is 51.7 Å². The largest absolute Gasteiger partial charge is 0.493 e. The van der Waals surface area contributed by atoms with Gasteiger partial charge in [-0.25, -0.2) is 0 Å². The van der Waals surface area contributed by atoms with Crippen LogP contribution in [0.1, 0.15) is 16.7 Å². The molecule has 3 aromatic rings. The molecule has 3 rings (SSSR count). The quantitative estimate of drug-likeness (QED) is 0.173. The standard InChI is InChI=1S/C30H39ClO9Si/c1-16-22(13-19(32-4)28(38-10)25(16)35-7)41(31,23-14-20(33-5)29(39-11)26(36-8)17(23)2)24-15-21(34-6)30(40-12)27(37-9)18(24)3/h13-15H,1-12H3. The lowest BCUT2D eigenvalue weighted by atomic mass is 10.1. The third kappa shape index (κ3) is 5.03. The van der Waals surface area contributed by atoms with Crippen molar-refractivity contribution in [3.8, 4) is 51.7 Å². The second kappa shape index (κ2) is 12.9. The van der Waals surface area contributed by atoms with E-state index in [2.05, 4.69) is 0 Å². The molecule has 9 nitrogen and oxygen atoms in total. The van der Waals surface area contributed by atoms with Crippen molar-refractivity contribution < 1.29 is 42.6 Å². The maximum Gasteiger partial charge on any atom is 0.249 e. The Morgan fingerprint density at radius 2 is 0.610 bits per heavy atom. The number of halogens is 1. The number of methoxy groups -OCH3 is 9. The van der Waals surface area contributed by atoms with Gasteiger partial charge in [0.05, 0.1) is 64.0 Å². The minimum Gasteiger partial charge on any atom is -0.493 e. The second-order valence-corrected chi connectivity index (χ2v) is 13.7. The number of benzene rings is 3. The van der Waals surface area contributed by atoms with Gasteiger partial charge < -0.3 is 42.6 Å². The monoisotopic (exact) mass is 606 g/mol. The van der Waals surface area contributed by atoms with Crippen molar-refractivity contribution in [2.45, 2.75) is 20.8 Å². The number of hydrogen-bond acceptors (Lipinski definition) is 9. The highest BCUT2D eigenvalue weighted by atomic mass is 35.6. The van der Waals surface area contributed by atoms with E-state index in [1.807, 2.05) is 39.0 Å². The minimum atomic E-state index is -3.58. The Bertz CT molecular complexity index is 1260. The van der Waals surface area contributed by atoms with Gasteiger partial charge in [0.15, 0.2) is 34.5 Å². The van der Waals surface area contributed by atoms with Crippen LogP contribution in [0.25, 0.3) is 0 Å². The summed E-state index contributed by atoms with van der Waals surface area (Å²) in [5, 5.41) is 2.38. The van der Waals surface area contributed by atoms with E-state index in [1.54, 1.807) is 64.0 Å². The molecule has 224 valence electrons. The van der Waals surface area contributed by atoms with Crippen molar-refractivity contribution in [3.05, 3.63) is 34.9 Å². The van der Waals surface area contributed by atoms with Crippen molar-refractivity contribution >= 4 is 34.0 Å². The molecule has 0 fully saturated rings. The van der Waals surface area contributed by atoms with Crippen LogP contribution in [0, 0.1) is 20.8 Å². The number of ether oxygens (including phenoxy) is 9. The van der Waals surface area contributed by atoms with Gasteiger partial charge in [0.2, 0.25) is 24.6 Å². The minimum absolute atomic E-state index is 0.465. The Labute approximate surface area is 247 Å². The molecule has 0 aliphatic heterocycles. The highest BCUT2D eigenvalue weighted by molar-refractivity contribution is 7.40. The Morgan fingerprint density at radius 3 is 0.780 bits per heavy atom. The van der Waals surface area contributed by atoms with Gasteiger partial charge in [-0.3, -0.25) is 0 Å². The summed E-state index contributed by atoms with van der Waals surface area (Å²) < 4.78 is 51.9. The normalized spacial score (nSPS) is 11.0. The fraction of sp³-hybridized carbons (Fsp3) is 0.400. The first-order chi connectivity index (χ1) is 19.6. The maximum atomic E-state index is 8.17. The van der Waals surface area contributed by atoms with E-state index in [0.29, 0.717) is 51.7 Å². The summed E-state index contributed by atoms with van der Waals surface area (Å²) in [5.41, 5.74) is 2.36. The van der Waals surface area contributed by atoms with E-state index >= 15 is 0 Å². The lowest BCUT2D eigenvalue weighted by Crippen LogP contribution is -2.65. The molecule has 0 saturated carbocycles. The molecule has 0 N–H and O–H groups in total. The van der Waals surface area contributed by atoms with Crippen LogP contribution in [0.15, 0.2) is 18.2 Å². The van der Waals surface area contributed by atoms with Crippen molar-refractivity contribution in [3.63, 3.8) is 0 Å². The summed E-state index contributed by atoms with van der Waals surface area (Å²) in [7, 11) is 10.6. The third-order valence-corrected chi connectivity index (χ3v) is 13.0. The van der Waals surface area contributed by atoms with Gasteiger partial charge in [0, 0.05) is 0 Å². The van der Waals surface area contributed by atoms with Crippen LogP contribution in [0.4, 0.5) is 0 Å². The van der Waals surface area contributed by atoms with E-state index in [0.717, 1.165) is 32.3 Å². The summed E-state index contributed by atoms with van der Waals surface area (Å²) in [4.78, 5) is 0. The van der Waals surface area contributed by atoms with Gasteiger partial charge in [0.25, 0.3) is 0 Å². The molecular weight excluding hydrogens is 568 g/mol. The molecule has 0 unspecified atom stereocenters. The number of rotatable bonds is 12. The van der Waals surface area contributed by atoms with Crippen LogP contribution in [-0.2, 0) is 0 Å². The molecule has 0 aliphatic rings. The van der Waals surface area contributed by atoms with E-state index in [9.17, 15) is 0 Å². The van der Waals surface area contributed by atoms with Crippen molar-refractivity contribution in [2.24, 2.45) is 0 Å².